The lowest BCUT2D eigenvalue weighted by atomic mass is 9.75. The molecule has 0 bridgehead atoms. The van der Waals surface area contributed by atoms with Crippen molar-refractivity contribution in [2.75, 3.05) is 0 Å². The summed E-state index contributed by atoms with van der Waals surface area (Å²) in [7, 11) is 0. The Kier molecular flexibility index (Phi) is 4.22. The van der Waals surface area contributed by atoms with Crippen LogP contribution < -0.4 is 0 Å². The molecule has 0 aliphatic rings. The number of hydrogen-bond donors (Lipinski definition) is 0. The molecule has 1 aromatic carbocycles. The first-order valence-corrected chi connectivity index (χ1v) is 6.47. The molecule has 0 spiro atoms. The van der Waals surface area contributed by atoms with Crippen molar-refractivity contribution in [2.45, 2.75) is 58.8 Å². The highest BCUT2D eigenvalue weighted by Crippen LogP contribution is 2.43. The lowest BCUT2D eigenvalue weighted by Gasteiger charge is -2.29. The van der Waals surface area contributed by atoms with Gasteiger partial charge in [-0.1, -0.05) is 47.6 Å². The standard InChI is InChI=1S/C15H21F2NO2/c1-14(2,3)9-7-8-10(18(19)20)12(15(4,5)6)11(9)13(16)17/h7-8,13H,1-6H3. The number of rotatable bonds is 2. The number of nitro benzene ring substituents is 1. The van der Waals surface area contributed by atoms with Crippen molar-refractivity contribution in [3.05, 3.63) is 38.9 Å². The molecule has 0 saturated carbocycles. The van der Waals surface area contributed by atoms with Crippen molar-refractivity contribution in [3.8, 4) is 0 Å². The topological polar surface area (TPSA) is 43.1 Å². The Morgan fingerprint density at radius 1 is 1.05 bits per heavy atom. The van der Waals surface area contributed by atoms with Crippen molar-refractivity contribution in [1.82, 2.24) is 0 Å². The Hall–Kier alpha value is -1.52. The van der Waals surface area contributed by atoms with E-state index in [-0.39, 0.29) is 16.8 Å². The molecule has 0 aliphatic heterocycles. The normalized spacial score (nSPS) is 12.8. The van der Waals surface area contributed by atoms with Gasteiger partial charge in [-0.15, -0.1) is 0 Å². The summed E-state index contributed by atoms with van der Waals surface area (Å²) in [5, 5.41) is 11.2. The molecule has 0 fully saturated rings. The molecule has 0 radical (unpaired) electrons. The molecule has 5 heteroatoms. The van der Waals surface area contributed by atoms with E-state index >= 15 is 0 Å². The minimum absolute atomic E-state index is 0.130. The maximum absolute atomic E-state index is 13.6. The van der Waals surface area contributed by atoms with E-state index < -0.39 is 22.2 Å². The van der Waals surface area contributed by atoms with Gasteiger partial charge in [0.1, 0.15) is 0 Å². The number of hydrogen-bond acceptors (Lipinski definition) is 2. The van der Waals surface area contributed by atoms with Gasteiger partial charge in [0.15, 0.2) is 0 Å². The van der Waals surface area contributed by atoms with Crippen LogP contribution in [-0.4, -0.2) is 4.92 Å². The van der Waals surface area contributed by atoms with Gasteiger partial charge in [-0.25, -0.2) is 8.78 Å². The average Bonchev–Trinajstić information content (AvgIpc) is 2.24. The first-order chi connectivity index (χ1) is 8.87. The molecule has 0 atom stereocenters. The summed E-state index contributed by atoms with van der Waals surface area (Å²) < 4.78 is 27.1. The van der Waals surface area contributed by atoms with Gasteiger partial charge in [-0.2, -0.15) is 0 Å². The van der Waals surface area contributed by atoms with Gasteiger partial charge in [-0.3, -0.25) is 10.1 Å². The molecule has 1 aromatic rings. The predicted octanol–water partition coefficient (Wildman–Crippen LogP) is 5.13. The average molecular weight is 285 g/mol. The molecule has 0 aliphatic carbocycles. The van der Waals surface area contributed by atoms with Crippen LogP contribution in [0.2, 0.25) is 0 Å². The van der Waals surface area contributed by atoms with Crippen LogP contribution in [0.3, 0.4) is 0 Å². The first kappa shape index (κ1) is 16.5. The molecule has 1 rings (SSSR count). The minimum atomic E-state index is -2.74. The second kappa shape index (κ2) is 5.11. The van der Waals surface area contributed by atoms with Crippen LogP contribution in [0, 0.1) is 10.1 Å². The van der Waals surface area contributed by atoms with Crippen molar-refractivity contribution >= 4 is 5.69 Å². The number of nitro groups is 1. The molecule has 0 N–H and O–H groups in total. The fourth-order valence-electron chi connectivity index (χ4n) is 2.43. The van der Waals surface area contributed by atoms with E-state index in [4.69, 9.17) is 0 Å². The maximum Gasteiger partial charge on any atom is 0.273 e. The molecule has 0 unspecified atom stereocenters. The highest BCUT2D eigenvalue weighted by molar-refractivity contribution is 5.55. The fourth-order valence-corrected chi connectivity index (χ4v) is 2.43. The van der Waals surface area contributed by atoms with Crippen LogP contribution in [0.1, 0.15) is 64.7 Å². The summed E-state index contributed by atoms with van der Waals surface area (Å²) in [5.74, 6) is 0. The predicted molar refractivity (Wildman–Crippen MR) is 75.5 cm³/mol. The van der Waals surface area contributed by atoms with Crippen LogP contribution in [0.15, 0.2) is 12.1 Å². The molecular weight excluding hydrogens is 264 g/mol. The lowest BCUT2D eigenvalue weighted by Crippen LogP contribution is -2.22. The summed E-state index contributed by atoms with van der Waals surface area (Å²) in [4.78, 5) is 10.6. The molecule has 0 heterocycles. The van der Waals surface area contributed by atoms with E-state index in [1.54, 1.807) is 20.8 Å². The van der Waals surface area contributed by atoms with Crippen molar-refractivity contribution < 1.29 is 13.7 Å². The van der Waals surface area contributed by atoms with E-state index in [9.17, 15) is 18.9 Å². The molecule has 0 amide bonds. The smallest absolute Gasteiger partial charge is 0.258 e. The highest BCUT2D eigenvalue weighted by atomic mass is 19.3. The zero-order valence-corrected chi connectivity index (χ0v) is 12.8. The minimum Gasteiger partial charge on any atom is -0.258 e. The van der Waals surface area contributed by atoms with E-state index in [1.165, 1.54) is 12.1 Å². The summed E-state index contributed by atoms with van der Waals surface area (Å²) in [5.41, 5.74) is -1.07. The zero-order chi connectivity index (χ0) is 15.9. The van der Waals surface area contributed by atoms with Gasteiger partial charge >= 0.3 is 0 Å². The molecule has 0 aromatic heterocycles. The van der Waals surface area contributed by atoms with Gasteiger partial charge in [0.25, 0.3) is 12.1 Å². The second-order valence-electron chi connectivity index (χ2n) is 6.98. The Morgan fingerprint density at radius 3 is 1.85 bits per heavy atom. The van der Waals surface area contributed by atoms with Crippen LogP contribution in [0.25, 0.3) is 0 Å². The van der Waals surface area contributed by atoms with Crippen molar-refractivity contribution in [2.24, 2.45) is 0 Å². The first-order valence-electron chi connectivity index (χ1n) is 6.47. The Labute approximate surface area is 118 Å². The van der Waals surface area contributed by atoms with Crippen LogP contribution in [-0.2, 0) is 10.8 Å². The molecule has 3 nitrogen and oxygen atoms in total. The van der Waals surface area contributed by atoms with E-state index in [1.807, 2.05) is 20.8 Å². The fraction of sp³-hybridized carbons (Fsp3) is 0.600. The monoisotopic (exact) mass is 285 g/mol. The van der Waals surface area contributed by atoms with Crippen LogP contribution >= 0.6 is 0 Å². The van der Waals surface area contributed by atoms with Crippen LogP contribution in [0.5, 0.6) is 0 Å². The molecular formula is C15H21F2NO2. The Bertz CT molecular complexity index is 526. The van der Waals surface area contributed by atoms with Gasteiger partial charge in [0.2, 0.25) is 0 Å². The second-order valence-corrected chi connectivity index (χ2v) is 6.98. The third-order valence-electron chi connectivity index (χ3n) is 3.20. The van der Waals surface area contributed by atoms with E-state index in [0.29, 0.717) is 5.56 Å². The van der Waals surface area contributed by atoms with Crippen molar-refractivity contribution in [3.63, 3.8) is 0 Å². The van der Waals surface area contributed by atoms with E-state index in [0.717, 1.165) is 0 Å². The summed E-state index contributed by atoms with van der Waals surface area (Å²) in [6, 6.07) is 2.79. The molecule has 20 heavy (non-hydrogen) atoms. The summed E-state index contributed by atoms with van der Waals surface area (Å²) in [6.45, 7) is 10.6. The van der Waals surface area contributed by atoms with Crippen LogP contribution in [0.4, 0.5) is 14.5 Å². The molecule has 0 saturated heterocycles. The third kappa shape index (κ3) is 3.14. The largest absolute Gasteiger partial charge is 0.273 e. The van der Waals surface area contributed by atoms with Gasteiger partial charge < -0.3 is 0 Å². The Balaban J connectivity index is 3.86. The quantitative estimate of drug-likeness (QED) is 0.558. The van der Waals surface area contributed by atoms with E-state index in [2.05, 4.69) is 0 Å². The van der Waals surface area contributed by atoms with Gasteiger partial charge in [-0.05, 0) is 16.4 Å². The number of halogens is 2. The number of alkyl halides is 2. The SMILES string of the molecule is CC(C)(C)c1ccc([N+](=O)[O-])c(C(C)(C)C)c1C(F)F. The van der Waals surface area contributed by atoms with Crippen molar-refractivity contribution in [1.29, 1.82) is 0 Å². The zero-order valence-electron chi connectivity index (χ0n) is 12.8. The highest BCUT2D eigenvalue weighted by Gasteiger charge is 2.35. The molecule has 112 valence electrons. The summed E-state index contributed by atoms with van der Waals surface area (Å²) >= 11 is 0. The maximum atomic E-state index is 13.6. The number of nitrogens with zero attached hydrogens (tertiary/aromatic N) is 1. The van der Waals surface area contributed by atoms with Gasteiger partial charge in [0.05, 0.1) is 4.92 Å². The number of benzene rings is 1. The Morgan fingerprint density at radius 2 is 1.55 bits per heavy atom. The lowest BCUT2D eigenvalue weighted by molar-refractivity contribution is -0.386. The van der Waals surface area contributed by atoms with Gasteiger partial charge in [0, 0.05) is 17.2 Å². The summed E-state index contributed by atoms with van der Waals surface area (Å²) in [6.07, 6.45) is -2.74. The third-order valence-corrected chi connectivity index (χ3v) is 3.20.